The van der Waals surface area contributed by atoms with Gasteiger partial charge in [-0.05, 0) is 30.0 Å². The maximum Gasteiger partial charge on any atom is 0.326 e. The monoisotopic (exact) mass is 398 g/mol. The van der Waals surface area contributed by atoms with Crippen molar-refractivity contribution in [3.8, 4) is 0 Å². The van der Waals surface area contributed by atoms with E-state index >= 15 is 0 Å². The quantitative estimate of drug-likeness (QED) is 0.624. The molecule has 2 atom stereocenters. The molecule has 0 saturated carbocycles. The van der Waals surface area contributed by atoms with E-state index in [0.29, 0.717) is 6.42 Å². The third-order valence-corrected chi connectivity index (χ3v) is 3.84. The van der Waals surface area contributed by atoms with E-state index in [2.05, 4.69) is 26.6 Å². The number of rotatable bonds is 8. The zero-order chi connectivity index (χ0) is 18.3. The van der Waals surface area contributed by atoms with E-state index in [0.717, 1.165) is 10.0 Å². The molecule has 2 amide bonds. The first kappa shape index (κ1) is 20.2. The molecule has 0 aliphatic rings. The fourth-order valence-corrected chi connectivity index (χ4v) is 2.77. The highest BCUT2D eigenvalue weighted by molar-refractivity contribution is 9.10. The number of hydrogen-bond donors (Lipinski definition) is 3. The smallest absolute Gasteiger partial charge is 0.326 e. The van der Waals surface area contributed by atoms with E-state index in [4.69, 9.17) is 0 Å². The van der Waals surface area contributed by atoms with Gasteiger partial charge in [0.2, 0.25) is 11.8 Å². The van der Waals surface area contributed by atoms with Crippen molar-refractivity contribution in [2.24, 2.45) is 5.92 Å². The third kappa shape index (κ3) is 7.12. The van der Waals surface area contributed by atoms with Crippen LogP contribution in [0.25, 0.3) is 0 Å². The Labute approximate surface area is 150 Å². The van der Waals surface area contributed by atoms with Gasteiger partial charge in [0.05, 0.1) is 0 Å². The predicted molar refractivity (Wildman–Crippen MR) is 94.5 cm³/mol. The van der Waals surface area contributed by atoms with Crippen molar-refractivity contribution >= 4 is 33.7 Å². The number of carbonyl (C=O) groups excluding carboxylic acids is 2. The second-order valence-corrected chi connectivity index (χ2v) is 7.03. The zero-order valence-electron chi connectivity index (χ0n) is 14.0. The lowest BCUT2D eigenvalue weighted by Crippen LogP contribution is -2.52. The van der Waals surface area contributed by atoms with E-state index in [1.807, 2.05) is 26.0 Å². The molecule has 0 aliphatic carbocycles. The molecule has 1 aromatic rings. The highest BCUT2D eigenvalue weighted by atomic mass is 79.9. The molecule has 0 unspecified atom stereocenters. The minimum Gasteiger partial charge on any atom is -0.480 e. The predicted octanol–water partition coefficient (Wildman–Crippen LogP) is 2.11. The van der Waals surface area contributed by atoms with Crippen LogP contribution in [0, 0.1) is 5.92 Å². The van der Waals surface area contributed by atoms with Crippen LogP contribution in [0.15, 0.2) is 28.7 Å². The number of hydrogen-bond acceptors (Lipinski definition) is 3. The van der Waals surface area contributed by atoms with Gasteiger partial charge in [-0.2, -0.15) is 0 Å². The van der Waals surface area contributed by atoms with E-state index in [1.165, 1.54) is 6.92 Å². The first-order valence-corrected chi connectivity index (χ1v) is 8.53. The average Bonchev–Trinajstić information content (AvgIpc) is 2.44. The highest BCUT2D eigenvalue weighted by Crippen LogP contribution is 2.13. The second-order valence-electron chi connectivity index (χ2n) is 6.12. The maximum atomic E-state index is 12.4. The molecule has 6 nitrogen and oxygen atoms in total. The van der Waals surface area contributed by atoms with Crippen molar-refractivity contribution in [1.82, 2.24) is 10.6 Å². The van der Waals surface area contributed by atoms with Crippen LogP contribution in [0.4, 0.5) is 0 Å². The Bertz CT molecular complexity index is 604. The zero-order valence-corrected chi connectivity index (χ0v) is 15.6. The van der Waals surface area contributed by atoms with E-state index in [1.54, 1.807) is 12.1 Å². The molecule has 1 rings (SSSR count). The number of amides is 2. The molecule has 132 valence electrons. The number of carboxylic acid groups (broad SMARTS) is 1. The minimum atomic E-state index is -1.12. The summed E-state index contributed by atoms with van der Waals surface area (Å²) >= 11 is 3.34. The molecule has 0 saturated heterocycles. The van der Waals surface area contributed by atoms with Crippen LogP contribution < -0.4 is 10.6 Å². The minimum absolute atomic E-state index is 0.162. The van der Waals surface area contributed by atoms with Crippen molar-refractivity contribution in [3.05, 3.63) is 34.3 Å². The van der Waals surface area contributed by atoms with Gasteiger partial charge < -0.3 is 15.7 Å². The number of nitrogens with one attached hydrogen (secondary N) is 2. The van der Waals surface area contributed by atoms with Crippen LogP contribution in [0.5, 0.6) is 0 Å². The Morgan fingerprint density at radius 1 is 1.17 bits per heavy atom. The van der Waals surface area contributed by atoms with Crippen molar-refractivity contribution in [2.45, 2.75) is 45.7 Å². The molecule has 0 fully saturated rings. The van der Waals surface area contributed by atoms with Crippen molar-refractivity contribution in [3.63, 3.8) is 0 Å². The summed E-state index contributed by atoms with van der Waals surface area (Å²) in [6, 6.07) is 5.45. The van der Waals surface area contributed by atoms with Crippen LogP contribution in [0.1, 0.15) is 32.8 Å². The fraction of sp³-hybridized carbons (Fsp3) is 0.471. The summed E-state index contributed by atoms with van der Waals surface area (Å²) in [4.78, 5) is 35.1. The van der Waals surface area contributed by atoms with Gasteiger partial charge in [-0.25, -0.2) is 4.79 Å². The molecule has 24 heavy (non-hydrogen) atoms. The molecule has 3 N–H and O–H groups in total. The topological polar surface area (TPSA) is 95.5 Å². The van der Waals surface area contributed by atoms with E-state index < -0.39 is 24.0 Å². The molecular weight excluding hydrogens is 376 g/mol. The lowest BCUT2D eigenvalue weighted by Gasteiger charge is -2.22. The van der Waals surface area contributed by atoms with Crippen LogP contribution in [-0.4, -0.2) is 35.0 Å². The first-order valence-electron chi connectivity index (χ1n) is 7.73. The van der Waals surface area contributed by atoms with Gasteiger partial charge in [-0.15, -0.1) is 0 Å². The number of halogens is 1. The number of carbonyl (C=O) groups is 3. The largest absolute Gasteiger partial charge is 0.480 e. The highest BCUT2D eigenvalue weighted by Gasteiger charge is 2.26. The molecule has 0 aliphatic heterocycles. The Morgan fingerprint density at radius 3 is 2.33 bits per heavy atom. The van der Waals surface area contributed by atoms with E-state index in [9.17, 15) is 19.5 Å². The van der Waals surface area contributed by atoms with Crippen LogP contribution in [-0.2, 0) is 20.8 Å². The average molecular weight is 399 g/mol. The summed E-state index contributed by atoms with van der Waals surface area (Å²) in [6.45, 7) is 5.19. The number of benzene rings is 1. The molecule has 0 aromatic heterocycles. The standard InChI is InChI=1S/C17H23BrN2O4/c1-10(2)7-14(19-11(3)21)16(22)20-15(17(23)24)9-12-5-4-6-13(18)8-12/h4-6,8,10,14-15H,7,9H2,1-3H3,(H,19,21)(H,20,22)(H,23,24)/t14-,15+/m0/s1. The lowest BCUT2D eigenvalue weighted by atomic mass is 10.0. The van der Waals surface area contributed by atoms with Gasteiger partial charge >= 0.3 is 5.97 Å². The summed E-state index contributed by atoms with van der Waals surface area (Å²) in [5.74, 6) is -1.74. The molecule has 1 aromatic carbocycles. The summed E-state index contributed by atoms with van der Waals surface area (Å²) in [5.41, 5.74) is 0.789. The maximum absolute atomic E-state index is 12.4. The Hall–Kier alpha value is -1.89. The second kappa shape index (κ2) is 9.42. The van der Waals surface area contributed by atoms with Gasteiger partial charge in [0.15, 0.2) is 0 Å². The Balaban J connectivity index is 2.83. The van der Waals surface area contributed by atoms with Gasteiger partial charge in [0.25, 0.3) is 0 Å². The van der Waals surface area contributed by atoms with Crippen molar-refractivity contribution < 1.29 is 19.5 Å². The van der Waals surface area contributed by atoms with E-state index in [-0.39, 0.29) is 18.2 Å². The number of aliphatic carboxylic acids is 1. The third-order valence-electron chi connectivity index (χ3n) is 3.34. The van der Waals surface area contributed by atoms with Gasteiger partial charge in [-0.1, -0.05) is 41.9 Å². The van der Waals surface area contributed by atoms with Gasteiger partial charge in [0.1, 0.15) is 12.1 Å². The van der Waals surface area contributed by atoms with Crippen LogP contribution in [0.2, 0.25) is 0 Å². The molecule has 0 spiro atoms. The summed E-state index contributed by atoms with van der Waals surface area (Å²) in [7, 11) is 0. The molecule has 0 heterocycles. The SMILES string of the molecule is CC(=O)N[C@@H](CC(C)C)C(=O)N[C@H](Cc1cccc(Br)c1)C(=O)O. The van der Waals surface area contributed by atoms with Crippen molar-refractivity contribution in [2.75, 3.05) is 0 Å². The Kier molecular flexibility index (Phi) is 7.91. The summed E-state index contributed by atoms with van der Waals surface area (Å²) in [5, 5.41) is 14.5. The first-order chi connectivity index (χ1) is 11.2. The van der Waals surface area contributed by atoms with Crippen molar-refractivity contribution in [1.29, 1.82) is 0 Å². The number of carboxylic acids is 1. The van der Waals surface area contributed by atoms with Crippen LogP contribution >= 0.6 is 15.9 Å². The van der Waals surface area contributed by atoms with Gasteiger partial charge in [-0.3, -0.25) is 9.59 Å². The fourth-order valence-electron chi connectivity index (χ4n) is 2.32. The molecular formula is C17H23BrN2O4. The van der Waals surface area contributed by atoms with Crippen LogP contribution in [0.3, 0.4) is 0 Å². The summed E-state index contributed by atoms with van der Waals surface area (Å²) in [6.07, 6.45) is 0.601. The molecule has 0 radical (unpaired) electrons. The van der Waals surface area contributed by atoms with Gasteiger partial charge in [0, 0.05) is 17.8 Å². The summed E-state index contributed by atoms with van der Waals surface area (Å²) < 4.78 is 0.839. The molecule has 0 bridgehead atoms. The normalized spacial score (nSPS) is 13.2. The Morgan fingerprint density at radius 2 is 1.83 bits per heavy atom. The lowest BCUT2D eigenvalue weighted by molar-refractivity contribution is -0.142. The molecule has 7 heteroatoms.